The third-order valence-electron chi connectivity index (χ3n) is 2.36. The van der Waals surface area contributed by atoms with Gasteiger partial charge in [0.25, 0.3) is 0 Å². The minimum Gasteiger partial charge on any atom is -0.466 e. The molecule has 0 aliphatic rings. The van der Waals surface area contributed by atoms with E-state index in [1.807, 2.05) is 30.3 Å². The molecule has 0 bridgehead atoms. The van der Waals surface area contributed by atoms with E-state index in [9.17, 15) is 0 Å². The molecule has 0 radical (unpaired) electrons. The Morgan fingerprint density at radius 2 is 2.24 bits per heavy atom. The van der Waals surface area contributed by atoms with E-state index in [4.69, 9.17) is 21.8 Å². The fourth-order valence-corrected chi connectivity index (χ4v) is 2.23. The van der Waals surface area contributed by atoms with Crippen molar-refractivity contribution in [2.75, 3.05) is 11.9 Å². The van der Waals surface area contributed by atoms with Crippen LogP contribution < -0.4 is 11.1 Å². The van der Waals surface area contributed by atoms with E-state index in [0.717, 1.165) is 15.9 Å². The highest BCUT2D eigenvalue weighted by Gasteiger charge is 2.16. The van der Waals surface area contributed by atoms with E-state index in [1.165, 1.54) is 0 Å². The van der Waals surface area contributed by atoms with E-state index >= 15 is 0 Å². The summed E-state index contributed by atoms with van der Waals surface area (Å²) in [6, 6.07) is 9.25. The van der Waals surface area contributed by atoms with Gasteiger partial charge in [-0.15, -0.1) is 0 Å². The molecule has 2 rings (SSSR count). The molecule has 0 fully saturated rings. The lowest BCUT2D eigenvalue weighted by molar-refractivity contribution is 0.479. The predicted octanol–water partition coefficient (Wildman–Crippen LogP) is 3.81. The average molecular weight is 316 g/mol. The average Bonchev–Trinajstić information content (AvgIpc) is 2.72. The van der Waals surface area contributed by atoms with Crippen LogP contribution in [0.3, 0.4) is 0 Å². The molecule has 0 aliphatic carbocycles. The standard InChI is InChI=1S/C12H12BrClN2O/c13-10-4-5-17-12(10)11(7-15)16-9-3-1-2-8(14)6-9/h1-6,11,16H,7,15H2. The molecule has 90 valence electrons. The van der Waals surface area contributed by atoms with Gasteiger partial charge in [0.2, 0.25) is 0 Å². The summed E-state index contributed by atoms with van der Waals surface area (Å²) in [7, 11) is 0. The molecule has 3 N–H and O–H groups in total. The van der Waals surface area contributed by atoms with Gasteiger partial charge in [-0.3, -0.25) is 0 Å². The summed E-state index contributed by atoms with van der Waals surface area (Å²) in [5.41, 5.74) is 6.66. The Balaban J connectivity index is 2.19. The second-order valence-corrected chi connectivity index (χ2v) is 4.87. The first-order chi connectivity index (χ1) is 8.20. The lowest BCUT2D eigenvalue weighted by Crippen LogP contribution is -2.20. The Bertz CT molecular complexity index is 501. The number of halogens is 2. The van der Waals surface area contributed by atoms with Gasteiger partial charge < -0.3 is 15.5 Å². The van der Waals surface area contributed by atoms with Crippen LogP contribution in [0.4, 0.5) is 5.69 Å². The highest BCUT2D eigenvalue weighted by molar-refractivity contribution is 9.10. The molecule has 0 spiro atoms. The third kappa shape index (κ3) is 3.03. The summed E-state index contributed by atoms with van der Waals surface area (Å²) in [5, 5.41) is 3.96. The van der Waals surface area contributed by atoms with Gasteiger partial charge in [-0.1, -0.05) is 17.7 Å². The number of nitrogens with two attached hydrogens (primary N) is 1. The number of rotatable bonds is 4. The zero-order valence-electron chi connectivity index (χ0n) is 8.99. The van der Waals surface area contributed by atoms with Crippen molar-refractivity contribution in [1.82, 2.24) is 0 Å². The van der Waals surface area contributed by atoms with E-state index in [-0.39, 0.29) is 6.04 Å². The normalized spacial score (nSPS) is 12.4. The van der Waals surface area contributed by atoms with Crippen molar-refractivity contribution >= 4 is 33.2 Å². The Kier molecular flexibility index (Phi) is 4.10. The molecule has 1 atom stereocenters. The molecule has 3 nitrogen and oxygen atoms in total. The molecular weight excluding hydrogens is 304 g/mol. The number of benzene rings is 1. The van der Waals surface area contributed by atoms with Crippen molar-refractivity contribution in [3.8, 4) is 0 Å². The van der Waals surface area contributed by atoms with Gasteiger partial charge in [0.15, 0.2) is 0 Å². The van der Waals surface area contributed by atoms with Gasteiger partial charge in [-0.25, -0.2) is 0 Å². The molecule has 1 heterocycles. The summed E-state index contributed by atoms with van der Waals surface area (Å²) in [6.45, 7) is 0.429. The van der Waals surface area contributed by atoms with Crippen LogP contribution in [0.1, 0.15) is 11.8 Å². The van der Waals surface area contributed by atoms with Crippen molar-refractivity contribution in [3.63, 3.8) is 0 Å². The van der Waals surface area contributed by atoms with Gasteiger partial charge >= 0.3 is 0 Å². The first-order valence-electron chi connectivity index (χ1n) is 5.16. The van der Waals surface area contributed by atoms with Crippen molar-refractivity contribution in [2.45, 2.75) is 6.04 Å². The van der Waals surface area contributed by atoms with Gasteiger partial charge in [-0.05, 0) is 40.2 Å². The Labute approximate surface area is 113 Å². The summed E-state index contributed by atoms with van der Waals surface area (Å²) >= 11 is 9.34. The molecule has 0 saturated carbocycles. The Morgan fingerprint density at radius 3 is 2.82 bits per heavy atom. The van der Waals surface area contributed by atoms with Gasteiger partial charge in [0.05, 0.1) is 16.8 Å². The van der Waals surface area contributed by atoms with Crippen molar-refractivity contribution in [1.29, 1.82) is 0 Å². The van der Waals surface area contributed by atoms with Crippen molar-refractivity contribution < 1.29 is 4.42 Å². The van der Waals surface area contributed by atoms with E-state index in [2.05, 4.69) is 21.2 Å². The summed E-state index contributed by atoms with van der Waals surface area (Å²) < 4.78 is 6.30. The van der Waals surface area contributed by atoms with E-state index < -0.39 is 0 Å². The maximum atomic E-state index is 5.92. The maximum absolute atomic E-state index is 5.92. The van der Waals surface area contributed by atoms with Gasteiger partial charge in [0.1, 0.15) is 5.76 Å². The molecule has 0 saturated heterocycles. The van der Waals surface area contributed by atoms with Crippen LogP contribution in [-0.4, -0.2) is 6.54 Å². The molecule has 17 heavy (non-hydrogen) atoms. The second kappa shape index (κ2) is 5.58. The topological polar surface area (TPSA) is 51.2 Å². The molecule has 1 aromatic heterocycles. The van der Waals surface area contributed by atoms with Crippen LogP contribution in [0.5, 0.6) is 0 Å². The molecule has 5 heteroatoms. The number of anilines is 1. The summed E-state index contributed by atoms with van der Waals surface area (Å²) in [4.78, 5) is 0. The summed E-state index contributed by atoms with van der Waals surface area (Å²) in [6.07, 6.45) is 1.63. The lowest BCUT2D eigenvalue weighted by atomic mass is 10.2. The van der Waals surface area contributed by atoms with Crippen LogP contribution in [0.25, 0.3) is 0 Å². The third-order valence-corrected chi connectivity index (χ3v) is 3.25. The Morgan fingerprint density at radius 1 is 1.41 bits per heavy atom. The van der Waals surface area contributed by atoms with Crippen LogP contribution in [0, 0.1) is 0 Å². The zero-order valence-corrected chi connectivity index (χ0v) is 11.3. The number of nitrogens with one attached hydrogen (secondary N) is 1. The molecular formula is C12H12BrClN2O. The SMILES string of the molecule is NCC(Nc1cccc(Cl)c1)c1occc1Br. The monoisotopic (exact) mass is 314 g/mol. The molecule has 1 unspecified atom stereocenters. The van der Waals surface area contributed by atoms with Crippen LogP contribution in [0.2, 0.25) is 5.02 Å². The highest BCUT2D eigenvalue weighted by atomic mass is 79.9. The maximum Gasteiger partial charge on any atom is 0.141 e. The van der Waals surface area contributed by atoms with Crippen molar-refractivity contribution in [3.05, 3.63) is 51.9 Å². The van der Waals surface area contributed by atoms with E-state index in [1.54, 1.807) is 6.26 Å². The van der Waals surface area contributed by atoms with Gasteiger partial charge in [0, 0.05) is 17.3 Å². The molecule has 0 amide bonds. The van der Waals surface area contributed by atoms with Crippen LogP contribution in [-0.2, 0) is 0 Å². The van der Waals surface area contributed by atoms with Crippen molar-refractivity contribution in [2.24, 2.45) is 5.73 Å². The van der Waals surface area contributed by atoms with Crippen LogP contribution in [0.15, 0.2) is 45.5 Å². The number of hydrogen-bond donors (Lipinski definition) is 2. The van der Waals surface area contributed by atoms with Crippen LogP contribution >= 0.6 is 27.5 Å². The molecule has 0 aliphatic heterocycles. The van der Waals surface area contributed by atoms with Gasteiger partial charge in [-0.2, -0.15) is 0 Å². The first kappa shape index (κ1) is 12.5. The fraction of sp³-hybridized carbons (Fsp3) is 0.167. The first-order valence-corrected chi connectivity index (χ1v) is 6.33. The second-order valence-electron chi connectivity index (χ2n) is 3.58. The largest absolute Gasteiger partial charge is 0.466 e. The molecule has 2 aromatic rings. The number of furan rings is 1. The smallest absolute Gasteiger partial charge is 0.141 e. The summed E-state index contributed by atoms with van der Waals surface area (Å²) in [5.74, 6) is 0.785. The zero-order chi connectivity index (χ0) is 12.3. The minimum absolute atomic E-state index is 0.0853. The molecule has 1 aromatic carbocycles. The Hall–Kier alpha value is -0.970. The predicted molar refractivity (Wildman–Crippen MR) is 73.3 cm³/mol. The van der Waals surface area contributed by atoms with E-state index in [0.29, 0.717) is 11.6 Å². The fourth-order valence-electron chi connectivity index (χ4n) is 1.57. The highest BCUT2D eigenvalue weighted by Crippen LogP contribution is 2.27. The lowest BCUT2D eigenvalue weighted by Gasteiger charge is -2.16. The number of hydrogen-bond acceptors (Lipinski definition) is 3. The minimum atomic E-state index is -0.0853. The quantitative estimate of drug-likeness (QED) is 0.902.